The van der Waals surface area contributed by atoms with Gasteiger partial charge in [0.1, 0.15) is 37.4 Å². The summed E-state index contributed by atoms with van der Waals surface area (Å²) in [6, 6.07) is 40.9. The van der Waals surface area contributed by atoms with E-state index in [9.17, 15) is 36.6 Å². The van der Waals surface area contributed by atoms with Crippen molar-refractivity contribution >= 4 is 23.1 Å². The van der Waals surface area contributed by atoms with Crippen LogP contribution in [0.5, 0.6) is 0 Å². The monoisotopic (exact) mass is 908 g/mol. The first-order valence-electron chi connectivity index (χ1n) is 16.3. The Balaban J connectivity index is -0.000000356. The first-order valence-corrected chi connectivity index (χ1v) is 17.6. The smallest absolute Gasteiger partial charge is 1.00 e. The molecule has 4 N–H and O–H groups in total. The second-order valence-electron chi connectivity index (χ2n) is 12.9. The van der Waals surface area contributed by atoms with Gasteiger partial charge in [0.2, 0.25) is 0 Å². The summed E-state index contributed by atoms with van der Waals surface area (Å²) in [7, 11) is 8.68. The van der Waals surface area contributed by atoms with Crippen LogP contribution < -0.4 is 41.6 Å². The number of hydrogen-bond acceptors (Lipinski definition) is 7. The summed E-state index contributed by atoms with van der Waals surface area (Å²) < 4.78 is 93.8. The molecule has 0 spiro atoms. The maximum atomic E-state index is 10.6. The second kappa shape index (κ2) is 32.9. The first-order chi connectivity index (χ1) is 25.6. The molecule has 0 fully saturated rings. The molecule has 4 atom stereocenters. The number of benzene rings is 4. The molecule has 0 amide bonds. The van der Waals surface area contributed by atoms with E-state index in [0.29, 0.717) is 0 Å². The number of nitrogens with two attached hydrogens (primary N) is 1. The number of likely N-dealkylation sites (N-methyl/N-ethyl adjacent to an activating group) is 2. The Morgan fingerprint density at radius 3 is 0.947 bits per heavy atom. The zero-order chi connectivity index (χ0) is 42.7. The number of aliphatic hydroxyl groups is 2. The fourth-order valence-corrected chi connectivity index (χ4v) is 5.02. The van der Waals surface area contributed by atoms with Crippen LogP contribution in [0.15, 0.2) is 121 Å². The van der Waals surface area contributed by atoms with E-state index >= 15 is 0 Å². The van der Waals surface area contributed by atoms with Gasteiger partial charge < -0.3 is 49.3 Å². The van der Waals surface area contributed by atoms with Crippen molar-refractivity contribution in [3.63, 3.8) is 0 Å². The molecule has 0 saturated carbocycles. The fraction of sp³-hybridized carbons (Fsp3) is 0.342. The Labute approximate surface area is 361 Å². The van der Waals surface area contributed by atoms with E-state index in [1.165, 1.54) is 11.1 Å². The van der Waals surface area contributed by atoms with Crippen LogP contribution in [0.4, 0.5) is 26.3 Å². The summed E-state index contributed by atoms with van der Waals surface area (Å²) in [5.74, 6) is 0. The van der Waals surface area contributed by atoms with Crippen molar-refractivity contribution in [2.45, 2.75) is 57.5 Å². The van der Waals surface area contributed by atoms with Crippen LogP contribution in [0.2, 0.25) is 0 Å². The molecule has 0 aromatic heterocycles. The molecule has 57 heavy (non-hydrogen) atoms. The maximum absolute atomic E-state index is 10.6. The molecule has 0 aliphatic carbocycles. The van der Waals surface area contributed by atoms with Gasteiger partial charge in [-0.2, -0.15) is 30.0 Å². The van der Waals surface area contributed by atoms with E-state index in [1.54, 1.807) is 0 Å². The van der Waals surface area contributed by atoms with Gasteiger partial charge in [0.25, 0.3) is 0 Å². The average molecular weight is 910 g/mol. The van der Waals surface area contributed by atoms with Gasteiger partial charge in [-0.1, -0.05) is 121 Å². The molecule has 0 radical (unpaired) electrons. The quantitative estimate of drug-likeness (QED) is 0.0718. The molecule has 314 valence electrons. The Bertz CT molecular complexity index is 1510. The van der Waals surface area contributed by atoms with Crippen molar-refractivity contribution in [2.75, 3.05) is 28.2 Å². The second-order valence-corrected chi connectivity index (χ2v) is 13.2. The minimum Gasteiger partial charge on any atom is -1.00 e. The van der Waals surface area contributed by atoms with Gasteiger partial charge in [-0.3, -0.25) is 0 Å². The van der Waals surface area contributed by atoms with Gasteiger partial charge in [-0.25, -0.2) is 5.73 Å². The zero-order valence-electron chi connectivity index (χ0n) is 32.7. The van der Waals surface area contributed by atoms with Crippen molar-refractivity contribution in [1.82, 2.24) is 0 Å². The minimum atomic E-state index is -4.50. The van der Waals surface area contributed by atoms with E-state index < -0.39 is 48.3 Å². The molecular formula is C38H50BrF6LiN3O6S2+. The van der Waals surface area contributed by atoms with E-state index in [0.717, 1.165) is 33.2 Å². The number of nitrogens with zero attached hydrogens (tertiary/aromatic N) is 2. The van der Waals surface area contributed by atoms with Crippen molar-refractivity contribution in [1.29, 1.82) is 0 Å². The summed E-state index contributed by atoms with van der Waals surface area (Å²) >= 11 is -1.50. The maximum Gasteiger partial charge on any atom is 1.00 e. The summed E-state index contributed by atoms with van der Waals surface area (Å²) in [5.41, 5.74) is 7.92. The van der Waals surface area contributed by atoms with Gasteiger partial charge in [0.05, 0.1) is 28.2 Å². The Hall–Kier alpha value is -3.02. The third-order valence-corrected chi connectivity index (χ3v) is 8.27. The molecule has 4 aromatic carbocycles. The number of alkyl halides is 3. The van der Waals surface area contributed by atoms with Crippen LogP contribution in [0.25, 0.3) is 0 Å². The van der Waals surface area contributed by atoms with Crippen LogP contribution >= 0.6 is 0 Å². The average Bonchev–Trinajstić information content (AvgIpc) is 3.11. The molecule has 0 bridgehead atoms. The van der Waals surface area contributed by atoms with Gasteiger partial charge >= 0.3 is 48.3 Å². The SMILES string of the molecule is C[C@@H]([C@H](O)c1ccccc1)[N+](C)(C)Cc1ccccc1.C[C@@H]([C@H](O)c1ccccc1)[N+](C)(C)Cc1ccccc1.F[C-](F)F.NC(F)(F)F.O=S=O.O=S=O.[Br-].[Li+]. The number of quaternary nitrogens is 2. The summed E-state index contributed by atoms with van der Waals surface area (Å²) in [6.07, 6.45) is -5.40. The van der Waals surface area contributed by atoms with Crippen molar-refractivity contribution in [3.8, 4) is 0 Å². The van der Waals surface area contributed by atoms with Crippen LogP contribution in [0, 0.1) is 6.68 Å². The van der Waals surface area contributed by atoms with Gasteiger partial charge in [0.15, 0.2) is 6.68 Å². The number of hydrogen-bond donors (Lipinski definition) is 3. The number of rotatable bonds is 10. The third-order valence-electron chi connectivity index (χ3n) is 8.27. The molecule has 0 aliphatic rings. The molecule has 19 heteroatoms. The molecular weight excluding hydrogens is 859 g/mol. The van der Waals surface area contributed by atoms with Gasteiger partial charge in [-0.05, 0) is 25.0 Å². The number of halogens is 7. The van der Waals surface area contributed by atoms with Crippen LogP contribution in [0.3, 0.4) is 0 Å². The van der Waals surface area contributed by atoms with E-state index in [4.69, 9.17) is 16.8 Å². The minimum absolute atomic E-state index is 0. The Kier molecular flexibility index (Phi) is 35.0. The van der Waals surface area contributed by atoms with E-state index in [2.05, 4.69) is 96.3 Å². The topological polar surface area (TPSA) is 135 Å². The van der Waals surface area contributed by atoms with Crippen LogP contribution in [-0.4, -0.2) is 82.6 Å². The van der Waals surface area contributed by atoms with Crippen molar-refractivity contribution < 1.29 is 98.2 Å². The molecule has 0 aliphatic heterocycles. The summed E-state index contributed by atoms with van der Waals surface area (Å²) in [6.45, 7) is 2.96. The molecule has 4 rings (SSSR count). The van der Waals surface area contributed by atoms with E-state index in [1.807, 2.05) is 72.8 Å². The molecule has 0 unspecified atom stereocenters. The summed E-state index contributed by atoms with van der Waals surface area (Å²) in [5, 5.41) is 21.2. The van der Waals surface area contributed by atoms with Crippen LogP contribution in [-0.2, 0) is 36.2 Å². The molecule has 9 nitrogen and oxygen atoms in total. The van der Waals surface area contributed by atoms with E-state index in [-0.39, 0.29) is 47.9 Å². The predicted octanol–water partition coefficient (Wildman–Crippen LogP) is 1.24. The normalized spacial score (nSPS) is 12.5. The predicted molar refractivity (Wildman–Crippen MR) is 201 cm³/mol. The standard InChI is InChI=1S/2C18H24NO.CH2F3N.CF3.BrH.Li.2O2S/c2*1-15(18(20)17-12-8-5-9-13-17)19(2,3)14-16-10-6-4-7-11-16;2-1(3,4)5;2-1(3)4;;;2*1-3-2/h2*4-13,15,18,20H,14H2,1-3H3;5H2;;1H;;;/q2*+1;;-1;;+1;;/p-1/t2*15-,18-;;;;;;/m00....../s1. The largest absolute Gasteiger partial charge is 1.00 e. The Morgan fingerprint density at radius 2 is 0.754 bits per heavy atom. The zero-order valence-corrected chi connectivity index (χ0v) is 36.0. The third kappa shape index (κ3) is 30.7. The first kappa shape index (κ1) is 60.7. The van der Waals surface area contributed by atoms with Crippen molar-refractivity contribution in [2.24, 2.45) is 5.73 Å². The van der Waals surface area contributed by atoms with Gasteiger partial charge in [-0.15, -0.1) is 0 Å². The van der Waals surface area contributed by atoms with Gasteiger partial charge in [0, 0.05) is 11.1 Å². The Morgan fingerprint density at radius 1 is 0.579 bits per heavy atom. The molecule has 0 heterocycles. The number of aliphatic hydroxyl groups excluding tert-OH is 2. The van der Waals surface area contributed by atoms with Crippen LogP contribution in [0.1, 0.15) is 48.3 Å². The fourth-order valence-electron chi connectivity index (χ4n) is 5.02. The van der Waals surface area contributed by atoms with Crippen molar-refractivity contribution in [3.05, 3.63) is 150 Å². The summed E-state index contributed by atoms with van der Waals surface area (Å²) in [4.78, 5) is 0. The molecule has 4 aromatic rings. The molecule has 0 saturated heterocycles.